The molecule has 9 heteroatoms. The number of hydrogen-bond donors (Lipinski definition) is 1. The van der Waals surface area contributed by atoms with E-state index in [-0.39, 0.29) is 10.8 Å². The zero-order valence-corrected chi connectivity index (χ0v) is 16.3. The minimum absolute atomic E-state index is 0.0170. The van der Waals surface area contributed by atoms with Gasteiger partial charge in [-0.05, 0) is 73.8 Å². The number of benzene rings is 1. The van der Waals surface area contributed by atoms with Crippen molar-refractivity contribution in [1.29, 1.82) is 0 Å². The first-order chi connectivity index (χ1) is 13.8. The van der Waals surface area contributed by atoms with Crippen LogP contribution >= 0.6 is 0 Å². The fraction of sp³-hybridized carbons (Fsp3) is 0.700. The maximum absolute atomic E-state index is 11.2. The van der Waals surface area contributed by atoms with E-state index >= 15 is 0 Å². The summed E-state index contributed by atoms with van der Waals surface area (Å²) in [4.78, 5) is 31.7. The molecule has 4 aliphatic rings. The molecular weight excluding hydrogens is 378 g/mol. The summed E-state index contributed by atoms with van der Waals surface area (Å²) in [5.74, 6) is 0.395. The highest BCUT2D eigenvalue weighted by Gasteiger charge is 2.65. The minimum Gasteiger partial charge on any atom is -0.330 e. The molecule has 0 amide bonds. The lowest BCUT2D eigenvalue weighted by atomic mass is 9.37. The summed E-state index contributed by atoms with van der Waals surface area (Å²) in [5, 5.41) is 20.3. The minimum atomic E-state index is -0.966. The monoisotopic (exact) mass is 405 g/mol. The molecule has 158 valence electrons. The van der Waals surface area contributed by atoms with Gasteiger partial charge in [-0.2, -0.15) is 0 Å². The average molecular weight is 405 g/mol. The Morgan fingerprint density at radius 1 is 1.07 bits per heavy atom. The van der Waals surface area contributed by atoms with Crippen molar-refractivity contribution in [1.82, 2.24) is 0 Å². The molecule has 5 unspecified atom stereocenters. The van der Waals surface area contributed by atoms with Gasteiger partial charge in [-0.15, -0.1) is 20.2 Å². The first-order valence-corrected chi connectivity index (χ1v) is 10.1. The van der Waals surface area contributed by atoms with Crippen LogP contribution in [0.15, 0.2) is 30.3 Å². The molecule has 1 aromatic rings. The molecule has 2 N–H and O–H groups in total. The molecule has 29 heavy (non-hydrogen) atoms. The van der Waals surface area contributed by atoms with E-state index in [4.69, 9.17) is 10.6 Å². The van der Waals surface area contributed by atoms with Gasteiger partial charge in [-0.25, -0.2) is 0 Å². The van der Waals surface area contributed by atoms with Crippen molar-refractivity contribution in [3.8, 4) is 0 Å². The van der Waals surface area contributed by atoms with Crippen LogP contribution in [-0.2, 0) is 15.1 Å². The smallest absolute Gasteiger partial charge is 0.294 e. The van der Waals surface area contributed by atoms with Gasteiger partial charge in [0.1, 0.15) is 12.7 Å². The van der Waals surface area contributed by atoms with E-state index in [1.807, 2.05) is 18.2 Å². The van der Waals surface area contributed by atoms with Crippen LogP contribution in [0.5, 0.6) is 0 Å². The number of hydrogen-bond acceptors (Lipinski definition) is 7. The molecule has 0 aliphatic heterocycles. The van der Waals surface area contributed by atoms with Gasteiger partial charge in [0, 0.05) is 5.41 Å². The summed E-state index contributed by atoms with van der Waals surface area (Å²) in [6.45, 7) is 0.129. The number of nitrogens with zero attached hydrogens (tertiary/aromatic N) is 2. The Bertz CT molecular complexity index is 792. The maximum Gasteiger partial charge on any atom is 0.294 e. The lowest BCUT2D eigenvalue weighted by Crippen LogP contribution is -2.63. The van der Waals surface area contributed by atoms with E-state index in [1.54, 1.807) is 0 Å². The second kappa shape index (κ2) is 7.12. The summed E-state index contributed by atoms with van der Waals surface area (Å²) < 4.78 is 0. The van der Waals surface area contributed by atoms with E-state index in [0.29, 0.717) is 18.9 Å². The van der Waals surface area contributed by atoms with Crippen molar-refractivity contribution in [3.63, 3.8) is 0 Å². The summed E-state index contributed by atoms with van der Waals surface area (Å²) in [6.07, 6.45) is 5.20. The van der Waals surface area contributed by atoms with E-state index in [2.05, 4.69) is 17.0 Å². The first-order valence-electron chi connectivity index (χ1n) is 10.1. The predicted octanol–water partition coefficient (Wildman–Crippen LogP) is 3.03. The highest BCUT2D eigenvalue weighted by Crippen LogP contribution is 2.72. The fourth-order valence-electron chi connectivity index (χ4n) is 7.32. The highest BCUT2D eigenvalue weighted by atomic mass is 17.0. The Balaban J connectivity index is 1.76. The van der Waals surface area contributed by atoms with Gasteiger partial charge >= 0.3 is 0 Å². The van der Waals surface area contributed by atoms with Crippen molar-refractivity contribution < 1.29 is 19.8 Å². The molecule has 0 saturated heterocycles. The molecular formula is C20H27N3O6. The van der Waals surface area contributed by atoms with Gasteiger partial charge in [0.05, 0.1) is 0 Å². The summed E-state index contributed by atoms with van der Waals surface area (Å²) in [5.41, 5.74) is 6.56. The van der Waals surface area contributed by atoms with Crippen molar-refractivity contribution >= 4 is 0 Å². The van der Waals surface area contributed by atoms with Gasteiger partial charge in [-0.3, -0.25) is 0 Å². The standard InChI is InChI=1S/C20H27N3O6/c21-7-6-18-8-15-9-19(12-18,16-4-2-1-3-5-16)14-20(10-15,13-18)17(29-23(26)27)11-28-22(24)25/h1-5,15,17H,6-14,21H2. The summed E-state index contributed by atoms with van der Waals surface area (Å²) >= 11 is 0. The van der Waals surface area contributed by atoms with E-state index < -0.39 is 28.3 Å². The molecule has 5 rings (SSSR count). The fourth-order valence-corrected chi connectivity index (χ4v) is 7.32. The summed E-state index contributed by atoms with van der Waals surface area (Å²) in [6, 6.07) is 10.3. The third-order valence-corrected chi connectivity index (χ3v) is 7.52. The molecule has 4 saturated carbocycles. The third kappa shape index (κ3) is 3.52. The first kappa shape index (κ1) is 19.9. The Morgan fingerprint density at radius 2 is 1.83 bits per heavy atom. The Morgan fingerprint density at radius 3 is 2.48 bits per heavy atom. The third-order valence-electron chi connectivity index (χ3n) is 7.52. The summed E-state index contributed by atoms with van der Waals surface area (Å²) in [7, 11) is 0. The average Bonchev–Trinajstić information content (AvgIpc) is 2.64. The lowest BCUT2D eigenvalue weighted by molar-refractivity contribution is -0.794. The second-order valence-electron chi connectivity index (χ2n) is 9.39. The molecule has 1 aromatic carbocycles. The lowest BCUT2D eigenvalue weighted by Gasteiger charge is -2.68. The Labute approximate surface area is 168 Å². The highest BCUT2D eigenvalue weighted by molar-refractivity contribution is 5.32. The van der Waals surface area contributed by atoms with Crippen LogP contribution in [0.3, 0.4) is 0 Å². The van der Waals surface area contributed by atoms with Crippen LogP contribution in [-0.4, -0.2) is 29.4 Å². The largest absolute Gasteiger partial charge is 0.330 e. The number of rotatable bonds is 9. The predicted molar refractivity (Wildman–Crippen MR) is 103 cm³/mol. The second-order valence-corrected chi connectivity index (χ2v) is 9.39. The van der Waals surface area contributed by atoms with Crippen molar-refractivity contribution in [3.05, 3.63) is 56.1 Å². The topological polar surface area (TPSA) is 131 Å². The zero-order valence-electron chi connectivity index (χ0n) is 16.3. The van der Waals surface area contributed by atoms with Gasteiger partial charge in [0.25, 0.3) is 10.2 Å². The molecule has 9 nitrogen and oxygen atoms in total. The van der Waals surface area contributed by atoms with E-state index in [9.17, 15) is 20.2 Å². The molecule has 4 fully saturated rings. The van der Waals surface area contributed by atoms with E-state index in [0.717, 1.165) is 38.5 Å². The molecule has 4 bridgehead atoms. The molecule has 0 spiro atoms. The van der Waals surface area contributed by atoms with Gasteiger partial charge in [-0.1, -0.05) is 30.3 Å². The van der Waals surface area contributed by atoms with Crippen LogP contribution in [0.2, 0.25) is 0 Å². The van der Waals surface area contributed by atoms with Gasteiger partial charge < -0.3 is 15.4 Å². The molecule has 0 radical (unpaired) electrons. The van der Waals surface area contributed by atoms with Crippen molar-refractivity contribution in [2.24, 2.45) is 22.5 Å². The molecule has 4 aliphatic carbocycles. The van der Waals surface area contributed by atoms with Crippen LogP contribution in [0.1, 0.15) is 50.5 Å². The van der Waals surface area contributed by atoms with Gasteiger partial charge in [0.2, 0.25) is 0 Å². The molecule has 0 heterocycles. The Hall–Kier alpha value is -2.42. The van der Waals surface area contributed by atoms with Crippen molar-refractivity contribution in [2.75, 3.05) is 13.2 Å². The number of nitrogens with two attached hydrogens (primary N) is 1. The molecule has 0 aromatic heterocycles. The van der Waals surface area contributed by atoms with Crippen LogP contribution in [0.4, 0.5) is 0 Å². The van der Waals surface area contributed by atoms with Crippen LogP contribution in [0, 0.1) is 37.0 Å². The zero-order chi connectivity index (χ0) is 20.7. The Kier molecular flexibility index (Phi) is 4.88. The normalized spacial score (nSPS) is 35.8. The van der Waals surface area contributed by atoms with Crippen LogP contribution < -0.4 is 5.73 Å². The molecule has 5 atom stereocenters. The quantitative estimate of drug-likeness (QED) is 0.493. The van der Waals surface area contributed by atoms with Gasteiger partial charge in [0.15, 0.2) is 0 Å². The van der Waals surface area contributed by atoms with Crippen LogP contribution in [0.25, 0.3) is 0 Å². The maximum atomic E-state index is 11.2. The van der Waals surface area contributed by atoms with Crippen molar-refractivity contribution in [2.45, 2.75) is 56.5 Å². The van der Waals surface area contributed by atoms with E-state index in [1.165, 1.54) is 5.56 Å². The SMILES string of the molecule is NCCC12CC3CC(c4ccccc4)(C1)CC(C(CO[N+](=O)[O-])O[N+](=O)[O-])(C3)C2.